The second-order valence-electron chi connectivity index (χ2n) is 4.07. The lowest BCUT2D eigenvalue weighted by molar-refractivity contribution is 0.0611. The van der Waals surface area contributed by atoms with Gasteiger partial charge in [-0.2, -0.15) is 11.8 Å². The van der Waals surface area contributed by atoms with Crippen LogP contribution in [0.15, 0.2) is 18.3 Å². The molecule has 1 aliphatic rings. The van der Waals surface area contributed by atoms with Crippen molar-refractivity contribution in [3.63, 3.8) is 0 Å². The molecule has 0 saturated carbocycles. The van der Waals surface area contributed by atoms with Crippen LogP contribution in [0.4, 0.5) is 0 Å². The predicted octanol–water partition coefficient (Wildman–Crippen LogP) is 1.33. The van der Waals surface area contributed by atoms with Crippen molar-refractivity contribution >= 4 is 29.3 Å². The molecule has 1 aromatic heterocycles. The van der Waals surface area contributed by atoms with E-state index in [0.29, 0.717) is 22.9 Å². The number of nitrogens with one attached hydrogen (secondary N) is 1. The van der Waals surface area contributed by atoms with E-state index in [0.717, 1.165) is 5.75 Å². The fourth-order valence-corrected chi connectivity index (χ4v) is 2.99. The van der Waals surface area contributed by atoms with Crippen molar-refractivity contribution in [3.8, 4) is 0 Å². The molecule has 0 radical (unpaired) electrons. The Kier molecular flexibility index (Phi) is 3.91. The number of nitrogens with zero attached hydrogens (tertiary/aromatic N) is 1. The van der Waals surface area contributed by atoms with Crippen LogP contribution in [0.5, 0.6) is 0 Å². The Hall–Kier alpha value is -0.780. The van der Waals surface area contributed by atoms with Gasteiger partial charge in [0, 0.05) is 18.5 Å². The van der Waals surface area contributed by atoms with Gasteiger partial charge < -0.3 is 10.4 Å². The summed E-state index contributed by atoms with van der Waals surface area (Å²) in [6, 6.07) is 3.18. The van der Waals surface area contributed by atoms with Gasteiger partial charge in [0.15, 0.2) is 0 Å². The number of amides is 1. The first-order valence-electron chi connectivity index (χ1n) is 5.29. The molecular weight excluding hydrogens is 260 g/mol. The van der Waals surface area contributed by atoms with E-state index in [1.54, 1.807) is 23.9 Å². The molecule has 1 fully saturated rings. The highest BCUT2D eigenvalue weighted by molar-refractivity contribution is 7.99. The summed E-state index contributed by atoms with van der Waals surface area (Å²) in [5.74, 6) is 1.32. The fraction of sp³-hybridized carbons (Fsp3) is 0.455. The van der Waals surface area contributed by atoms with Gasteiger partial charge in [-0.25, -0.2) is 4.98 Å². The summed E-state index contributed by atoms with van der Waals surface area (Å²) in [6.45, 7) is 0.267. The summed E-state index contributed by atoms with van der Waals surface area (Å²) in [5, 5.41) is 13.2. The number of hydrogen-bond donors (Lipinski definition) is 2. The summed E-state index contributed by atoms with van der Waals surface area (Å²) in [4.78, 5) is 15.6. The number of hydrogen-bond acceptors (Lipinski definition) is 4. The molecular formula is C11H13ClN2O2S. The smallest absolute Gasteiger partial charge is 0.269 e. The highest BCUT2D eigenvalue weighted by Crippen LogP contribution is 2.26. The van der Waals surface area contributed by atoms with Crippen LogP contribution >= 0.6 is 23.4 Å². The van der Waals surface area contributed by atoms with E-state index in [1.165, 1.54) is 6.20 Å². The maximum absolute atomic E-state index is 11.7. The zero-order valence-electron chi connectivity index (χ0n) is 9.15. The van der Waals surface area contributed by atoms with Gasteiger partial charge in [0.1, 0.15) is 5.69 Å². The van der Waals surface area contributed by atoms with E-state index in [-0.39, 0.29) is 12.5 Å². The van der Waals surface area contributed by atoms with Crippen LogP contribution < -0.4 is 5.32 Å². The molecule has 2 N–H and O–H groups in total. The second-order valence-corrected chi connectivity index (χ2v) is 5.61. The molecule has 1 atom stereocenters. The van der Waals surface area contributed by atoms with Crippen LogP contribution in [0.25, 0.3) is 0 Å². The molecule has 0 spiro atoms. The van der Waals surface area contributed by atoms with Crippen molar-refractivity contribution in [2.75, 3.05) is 18.1 Å². The molecule has 1 saturated heterocycles. The first kappa shape index (κ1) is 12.7. The van der Waals surface area contributed by atoms with Crippen molar-refractivity contribution in [2.45, 2.75) is 12.0 Å². The number of rotatable bonds is 3. The molecule has 0 aliphatic carbocycles. The van der Waals surface area contributed by atoms with Gasteiger partial charge in [-0.15, -0.1) is 0 Å². The van der Waals surface area contributed by atoms with E-state index in [1.807, 2.05) is 0 Å². The average Bonchev–Trinajstić information content (AvgIpc) is 2.75. The number of carbonyl (C=O) groups is 1. The molecule has 0 aromatic carbocycles. The van der Waals surface area contributed by atoms with Crippen LogP contribution in [0, 0.1) is 0 Å². The first-order valence-corrected chi connectivity index (χ1v) is 6.82. The second kappa shape index (κ2) is 5.25. The Morgan fingerprint density at radius 2 is 2.47 bits per heavy atom. The number of pyridine rings is 1. The minimum absolute atomic E-state index is 0.267. The van der Waals surface area contributed by atoms with E-state index in [2.05, 4.69) is 10.3 Å². The molecule has 1 aromatic rings. The van der Waals surface area contributed by atoms with E-state index >= 15 is 0 Å². The Labute approximate surface area is 109 Å². The summed E-state index contributed by atoms with van der Waals surface area (Å²) < 4.78 is 0. The largest absolute Gasteiger partial charge is 0.387 e. The Bertz CT molecular complexity index is 404. The summed E-state index contributed by atoms with van der Waals surface area (Å²) in [7, 11) is 0. The lowest BCUT2D eigenvalue weighted by Gasteiger charge is -2.21. The monoisotopic (exact) mass is 272 g/mol. The Balaban J connectivity index is 1.91. The third-order valence-electron chi connectivity index (χ3n) is 2.62. The SMILES string of the molecule is O=C(NC[C@@]1(O)CCSC1)c1ccc(Cl)cn1. The van der Waals surface area contributed by atoms with Crippen molar-refractivity contribution < 1.29 is 9.90 Å². The first-order chi connectivity index (χ1) is 8.09. The average molecular weight is 273 g/mol. The third-order valence-corrected chi connectivity index (χ3v) is 4.08. The van der Waals surface area contributed by atoms with E-state index in [4.69, 9.17) is 11.6 Å². The van der Waals surface area contributed by atoms with Crippen molar-refractivity contribution in [2.24, 2.45) is 0 Å². The number of aromatic nitrogens is 1. The lowest BCUT2D eigenvalue weighted by atomic mass is 10.0. The van der Waals surface area contributed by atoms with E-state index < -0.39 is 5.60 Å². The van der Waals surface area contributed by atoms with Crippen LogP contribution in [0.3, 0.4) is 0 Å². The molecule has 1 amide bonds. The summed E-state index contributed by atoms with van der Waals surface area (Å²) in [6.07, 6.45) is 2.14. The van der Waals surface area contributed by atoms with Crippen molar-refractivity contribution in [1.82, 2.24) is 10.3 Å². The molecule has 1 aliphatic heterocycles. The van der Waals surface area contributed by atoms with Gasteiger partial charge in [-0.3, -0.25) is 4.79 Å². The van der Waals surface area contributed by atoms with Crippen LogP contribution in [0.2, 0.25) is 5.02 Å². The number of halogens is 1. The standard InChI is InChI=1S/C11H13ClN2O2S/c12-8-1-2-9(13-5-8)10(15)14-6-11(16)3-4-17-7-11/h1-2,5,16H,3-4,6-7H2,(H,14,15)/t11-/m0/s1. The third kappa shape index (κ3) is 3.34. The topological polar surface area (TPSA) is 62.2 Å². The van der Waals surface area contributed by atoms with Crippen molar-refractivity contribution in [3.05, 3.63) is 29.0 Å². The van der Waals surface area contributed by atoms with Gasteiger partial charge in [0.05, 0.1) is 10.6 Å². The predicted molar refractivity (Wildman–Crippen MR) is 68.5 cm³/mol. The summed E-state index contributed by atoms with van der Waals surface area (Å²) in [5.41, 5.74) is -0.462. The maximum Gasteiger partial charge on any atom is 0.269 e. The minimum atomic E-state index is -0.771. The number of carbonyl (C=O) groups excluding carboxylic acids is 1. The molecule has 17 heavy (non-hydrogen) atoms. The number of aliphatic hydroxyl groups is 1. The number of thioether (sulfide) groups is 1. The fourth-order valence-electron chi connectivity index (χ4n) is 1.58. The zero-order chi connectivity index (χ0) is 12.3. The van der Waals surface area contributed by atoms with E-state index in [9.17, 15) is 9.90 Å². The van der Waals surface area contributed by atoms with Gasteiger partial charge in [-0.1, -0.05) is 11.6 Å². The highest BCUT2D eigenvalue weighted by Gasteiger charge is 2.32. The van der Waals surface area contributed by atoms with Gasteiger partial charge in [-0.05, 0) is 24.3 Å². The van der Waals surface area contributed by atoms with Gasteiger partial charge in [0.25, 0.3) is 5.91 Å². The van der Waals surface area contributed by atoms with Gasteiger partial charge >= 0.3 is 0 Å². The van der Waals surface area contributed by atoms with Gasteiger partial charge in [0.2, 0.25) is 0 Å². The quantitative estimate of drug-likeness (QED) is 0.872. The molecule has 92 valence electrons. The summed E-state index contributed by atoms with van der Waals surface area (Å²) >= 11 is 7.38. The molecule has 2 rings (SSSR count). The minimum Gasteiger partial charge on any atom is -0.387 e. The zero-order valence-corrected chi connectivity index (χ0v) is 10.7. The molecule has 2 heterocycles. The highest BCUT2D eigenvalue weighted by atomic mass is 35.5. The van der Waals surface area contributed by atoms with Crippen molar-refractivity contribution in [1.29, 1.82) is 0 Å². The van der Waals surface area contributed by atoms with Crippen LogP contribution in [0.1, 0.15) is 16.9 Å². The molecule has 4 nitrogen and oxygen atoms in total. The molecule has 0 unspecified atom stereocenters. The molecule has 6 heteroatoms. The lowest BCUT2D eigenvalue weighted by Crippen LogP contribution is -2.43. The molecule has 0 bridgehead atoms. The Morgan fingerprint density at radius 1 is 1.65 bits per heavy atom. The van der Waals surface area contributed by atoms with Crippen LogP contribution in [-0.4, -0.2) is 39.6 Å². The Morgan fingerprint density at radius 3 is 3.06 bits per heavy atom. The normalized spacial score (nSPS) is 23.6. The van der Waals surface area contributed by atoms with Crippen LogP contribution in [-0.2, 0) is 0 Å². The maximum atomic E-state index is 11.7.